The Balaban J connectivity index is 1.89. The summed E-state index contributed by atoms with van der Waals surface area (Å²) >= 11 is 0. The predicted octanol–water partition coefficient (Wildman–Crippen LogP) is 4.40. The van der Waals surface area contributed by atoms with Gasteiger partial charge in [0.25, 0.3) is 0 Å². The summed E-state index contributed by atoms with van der Waals surface area (Å²) in [6.07, 6.45) is -2.02. The molecule has 3 rings (SSSR count). The molecule has 130 valence electrons. The Labute approximate surface area is 140 Å². The zero-order chi connectivity index (χ0) is 18.1. The molecule has 4 nitrogen and oxygen atoms in total. The number of nitrogens with one attached hydrogen (secondary N) is 2. The van der Waals surface area contributed by atoms with Crippen molar-refractivity contribution in [1.29, 1.82) is 5.41 Å². The Bertz CT molecular complexity index is 805. The maximum atomic E-state index is 14.0. The lowest BCUT2D eigenvalue weighted by atomic mass is 10.0. The summed E-state index contributed by atoms with van der Waals surface area (Å²) in [5.74, 6) is -2.82. The van der Waals surface area contributed by atoms with E-state index in [9.17, 15) is 22.4 Å². The molecule has 8 heteroatoms. The Morgan fingerprint density at radius 2 is 1.64 bits per heavy atom. The van der Waals surface area contributed by atoms with Crippen molar-refractivity contribution in [3.8, 4) is 0 Å². The van der Waals surface area contributed by atoms with Crippen molar-refractivity contribution in [2.75, 3.05) is 5.32 Å². The van der Waals surface area contributed by atoms with Crippen LogP contribution in [0, 0.1) is 22.9 Å². The number of anilines is 1. The van der Waals surface area contributed by atoms with Gasteiger partial charge >= 0.3 is 6.03 Å². The molecule has 1 fully saturated rings. The van der Waals surface area contributed by atoms with Gasteiger partial charge in [-0.1, -0.05) is 0 Å². The molecular formula is C17H13F4N3O. The summed E-state index contributed by atoms with van der Waals surface area (Å²) in [5, 5.41) is 10.2. The highest BCUT2D eigenvalue weighted by Crippen LogP contribution is 2.35. The van der Waals surface area contributed by atoms with Gasteiger partial charge in [0.05, 0.1) is 6.04 Å². The second-order valence-corrected chi connectivity index (χ2v) is 5.61. The SMILES string of the molecule is N=C1C(F)CC(c2cc(F)cc(F)c2)N1C(=O)Nc1ccc(F)cc1. The van der Waals surface area contributed by atoms with E-state index in [1.807, 2.05) is 0 Å². The first-order valence-corrected chi connectivity index (χ1v) is 7.39. The number of amidine groups is 1. The van der Waals surface area contributed by atoms with E-state index >= 15 is 0 Å². The van der Waals surface area contributed by atoms with Gasteiger partial charge in [-0.15, -0.1) is 0 Å². The average molecular weight is 351 g/mol. The second-order valence-electron chi connectivity index (χ2n) is 5.61. The fraction of sp³-hybridized carbons (Fsp3) is 0.176. The number of halogens is 4. The van der Waals surface area contributed by atoms with Crippen LogP contribution < -0.4 is 5.32 Å². The number of urea groups is 1. The van der Waals surface area contributed by atoms with Gasteiger partial charge in [-0.2, -0.15) is 0 Å². The standard InChI is InChI=1S/C17H13F4N3O/c18-10-1-3-13(4-2-10)23-17(25)24-15(8-14(21)16(24)22)9-5-11(19)7-12(20)6-9/h1-7,14-15,22H,8H2,(H,23,25). The van der Waals surface area contributed by atoms with Crippen molar-refractivity contribution in [3.63, 3.8) is 0 Å². The number of amides is 2. The first kappa shape index (κ1) is 16.9. The summed E-state index contributed by atoms with van der Waals surface area (Å²) in [6, 6.07) is 5.66. The number of benzene rings is 2. The molecule has 1 heterocycles. The number of carbonyl (C=O) groups is 1. The normalized spacial score (nSPS) is 20.0. The van der Waals surface area contributed by atoms with E-state index in [1.54, 1.807) is 0 Å². The van der Waals surface area contributed by atoms with Gasteiger partial charge in [-0.3, -0.25) is 10.3 Å². The highest BCUT2D eigenvalue weighted by molar-refractivity contribution is 6.05. The van der Waals surface area contributed by atoms with Crippen LogP contribution in [0.3, 0.4) is 0 Å². The molecule has 25 heavy (non-hydrogen) atoms. The topological polar surface area (TPSA) is 56.2 Å². The minimum atomic E-state index is -1.74. The minimum absolute atomic E-state index is 0.0525. The fourth-order valence-corrected chi connectivity index (χ4v) is 2.75. The quantitative estimate of drug-likeness (QED) is 0.774. The molecule has 0 saturated carbocycles. The molecule has 0 aliphatic carbocycles. The number of hydrogen-bond donors (Lipinski definition) is 2. The number of nitrogens with zero attached hydrogens (tertiary/aromatic N) is 1. The zero-order valence-corrected chi connectivity index (χ0v) is 12.8. The van der Waals surface area contributed by atoms with Crippen molar-refractivity contribution >= 4 is 17.6 Å². The third-order valence-electron chi connectivity index (χ3n) is 3.88. The van der Waals surface area contributed by atoms with Crippen molar-refractivity contribution < 1.29 is 22.4 Å². The monoisotopic (exact) mass is 351 g/mol. The van der Waals surface area contributed by atoms with Gasteiger partial charge in [0.2, 0.25) is 0 Å². The maximum absolute atomic E-state index is 14.0. The summed E-state index contributed by atoms with van der Waals surface area (Å²) in [7, 11) is 0. The Hall–Kier alpha value is -2.90. The summed E-state index contributed by atoms with van der Waals surface area (Å²) < 4.78 is 53.8. The van der Waals surface area contributed by atoms with Crippen LogP contribution in [0.2, 0.25) is 0 Å². The molecule has 0 bridgehead atoms. The third kappa shape index (κ3) is 3.47. The number of rotatable bonds is 2. The van der Waals surface area contributed by atoms with Gasteiger partial charge in [0.15, 0.2) is 6.17 Å². The van der Waals surface area contributed by atoms with Gasteiger partial charge in [0.1, 0.15) is 23.3 Å². The van der Waals surface area contributed by atoms with E-state index in [4.69, 9.17) is 5.41 Å². The minimum Gasteiger partial charge on any atom is -0.307 e. The van der Waals surface area contributed by atoms with Crippen LogP contribution in [0.15, 0.2) is 42.5 Å². The number of carbonyl (C=O) groups excluding carboxylic acids is 1. The Morgan fingerprint density at radius 3 is 2.24 bits per heavy atom. The summed E-state index contributed by atoms with van der Waals surface area (Å²) in [6.45, 7) is 0. The molecule has 1 aliphatic heterocycles. The van der Waals surface area contributed by atoms with Crippen LogP contribution in [0.5, 0.6) is 0 Å². The predicted molar refractivity (Wildman–Crippen MR) is 83.6 cm³/mol. The van der Waals surface area contributed by atoms with E-state index in [1.165, 1.54) is 12.1 Å². The average Bonchev–Trinajstić information content (AvgIpc) is 2.84. The maximum Gasteiger partial charge on any atom is 0.327 e. The molecule has 2 N–H and O–H groups in total. The molecule has 0 radical (unpaired) electrons. The van der Waals surface area contributed by atoms with Crippen LogP contribution >= 0.6 is 0 Å². The van der Waals surface area contributed by atoms with Crippen molar-refractivity contribution in [2.45, 2.75) is 18.6 Å². The molecule has 2 unspecified atom stereocenters. The highest BCUT2D eigenvalue weighted by atomic mass is 19.1. The van der Waals surface area contributed by atoms with Crippen LogP contribution in [-0.4, -0.2) is 22.9 Å². The van der Waals surface area contributed by atoms with E-state index in [-0.39, 0.29) is 17.7 Å². The third-order valence-corrected chi connectivity index (χ3v) is 3.88. The van der Waals surface area contributed by atoms with Crippen LogP contribution in [0.1, 0.15) is 18.0 Å². The van der Waals surface area contributed by atoms with Gasteiger partial charge in [-0.05, 0) is 42.0 Å². The van der Waals surface area contributed by atoms with Crippen LogP contribution in [-0.2, 0) is 0 Å². The smallest absolute Gasteiger partial charge is 0.307 e. The molecule has 2 atom stereocenters. The molecule has 0 aromatic heterocycles. The Kier molecular flexibility index (Phi) is 4.43. The Morgan fingerprint density at radius 1 is 1.04 bits per heavy atom. The largest absolute Gasteiger partial charge is 0.327 e. The molecule has 1 saturated heterocycles. The molecule has 2 aromatic rings. The molecule has 2 aromatic carbocycles. The van der Waals surface area contributed by atoms with E-state index in [0.717, 1.165) is 29.2 Å². The summed E-state index contributed by atoms with van der Waals surface area (Å²) in [4.78, 5) is 13.2. The van der Waals surface area contributed by atoms with Gasteiger partial charge in [-0.25, -0.2) is 22.4 Å². The fourth-order valence-electron chi connectivity index (χ4n) is 2.75. The van der Waals surface area contributed by atoms with E-state index in [0.29, 0.717) is 6.07 Å². The summed E-state index contributed by atoms with van der Waals surface area (Å²) in [5.41, 5.74) is 0.294. The number of alkyl halides is 1. The van der Waals surface area contributed by atoms with Crippen LogP contribution in [0.25, 0.3) is 0 Å². The number of hydrogen-bond acceptors (Lipinski definition) is 2. The van der Waals surface area contributed by atoms with Crippen molar-refractivity contribution in [2.24, 2.45) is 0 Å². The lowest BCUT2D eigenvalue weighted by Crippen LogP contribution is -2.38. The molecule has 0 spiro atoms. The van der Waals surface area contributed by atoms with Crippen molar-refractivity contribution in [3.05, 3.63) is 65.5 Å². The second kappa shape index (κ2) is 6.54. The lowest BCUT2D eigenvalue weighted by Gasteiger charge is -2.24. The molecule has 1 aliphatic rings. The van der Waals surface area contributed by atoms with E-state index in [2.05, 4.69) is 5.32 Å². The molecular weight excluding hydrogens is 338 g/mol. The lowest BCUT2D eigenvalue weighted by molar-refractivity contribution is 0.225. The van der Waals surface area contributed by atoms with Crippen molar-refractivity contribution in [1.82, 2.24) is 4.90 Å². The van der Waals surface area contributed by atoms with Crippen LogP contribution in [0.4, 0.5) is 28.0 Å². The van der Waals surface area contributed by atoms with E-state index < -0.39 is 41.5 Å². The highest BCUT2D eigenvalue weighted by Gasteiger charge is 2.41. The zero-order valence-electron chi connectivity index (χ0n) is 12.8. The molecule has 2 amide bonds. The first-order chi connectivity index (χ1) is 11.8. The first-order valence-electron chi connectivity index (χ1n) is 7.39. The van der Waals surface area contributed by atoms with Gasteiger partial charge in [0, 0.05) is 18.2 Å². The number of likely N-dealkylation sites (tertiary alicyclic amines) is 1. The van der Waals surface area contributed by atoms with Gasteiger partial charge < -0.3 is 5.32 Å².